The van der Waals surface area contributed by atoms with Crippen molar-refractivity contribution in [2.45, 2.75) is 49.5 Å². The van der Waals surface area contributed by atoms with Crippen molar-refractivity contribution in [1.82, 2.24) is 15.2 Å². The third kappa shape index (κ3) is 11.0. The van der Waals surface area contributed by atoms with E-state index in [1.807, 2.05) is 152 Å². The van der Waals surface area contributed by atoms with Gasteiger partial charge in [0.1, 0.15) is 38.6 Å². The second-order valence-electron chi connectivity index (χ2n) is 16.7. The van der Waals surface area contributed by atoms with Crippen molar-refractivity contribution in [1.29, 1.82) is 5.41 Å². The van der Waals surface area contributed by atoms with Crippen LogP contribution in [0.5, 0.6) is 0 Å². The summed E-state index contributed by atoms with van der Waals surface area (Å²) in [5.41, 5.74) is 6.23. The number of nitrogens with one attached hydrogen (secondary N) is 3. The lowest BCUT2D eigenvalue weighted by molar-refractivity contribution is -0.154. The molecule has 0 radical (unpaired) electrons. The molecule has 356 valence electrons. The van der Waals surface area contributed by atoms with Crippen molar-refractivity contribution in [3.05, 3.63) is 212 Å². The van der Waals surface area contributed by atoms with Crippen molar-refractivity contribution < 1.29 is 33.5 Å². The Hall–Kier alpha value is -7.18. The molecule has 0 bridgehead atoms. The summed E-state index contributed by atoms with van der Waals surface area (Å²) in [6, 6.07) is 45.4. The molecule has 5 N–H and O–H groups in total. The molecule has 6 aromatic rings. The predicted octanol–water partition coefficient (Wildman–Crippen LogP) is 9.98. The average molecular weight is 1010 g/mol. The first kappa shape index (κ1) is 49.2. The number of amides is 3. The molecule has 0 aliphatic carbocycles. The SMILES string of the molecule is CC(C)(C)OC(=O)Nc1nc(/C(=N/OC(c2ccccc2)(c2ccccc2)c2ccccc2)C(=O)NC2C(=O)N3C(C(=O)OC(c4ccccc4)c4ccccc4)=C(S/C=C/C(=N)N)CS[C@H]23)c(Cl)s1. The third-order valence-corrected chi connectivity index (χ3v) is 14.3. The zero-order chi connectivity index (χ0) is 49.4. The van der Waals surface area contributed by atoms with Gasteiger partial charge in [-0.15, -0.1) is 11.8 Å². The number of aromatic nitrogens is 1. The van der Waals surface area contributed by atoms with Crippen LogP contribution in [0.4, 0.5) is 9.93 Å². The van der Waals surface area contributed by atoms with E-state index in [4.69, 9.17) is 37.1 Å². The zero-order valence-electron chi connectivity index (χ0n) is 37.9. The lowest BCUT2D eigenvalue weighted by Gasteiger charge is -2.49. The number of hydrogen-bond acceptors (Lipinski definition) is 13. The van der Waals surface area contributed by atoms with Crippen LogP contribution in [0.15, 0.2) is 179 Å². The van der Waals surface area contributed by atoms with Gasteiger partial charge in [-0.2, -0.15) is 0 Å². The summed E-state index contributed by atoms with van der Waals surface area (Å²) < 4.78 is 11.7. The Kier molecular flexibility index (Phi) is 15.2. The fourth-order valence-electron chi connectivity index (χ4n) is 7.69. The predicted molar refractivity (Wildman–Crippen MR) is 275 cm³/mol. The number of halogens is 1. The maximum Gasteiger partial charge on any atom is 0.413 e. The molecule has 1 fully saturated rings. The summed E-state index contributed by atoms with van der Waals surface area (Å²) in [6.45, 7) is 5.14. The van der Waals surface area contributed by atoms with Gasteiger partial charge >= 0.3 is 12.1 Å². The minimum atomic E-state index is -1.44. The van der Waals surface area contributed by atoms with Gasteiger partial charge in [-0.1, -0.05) is 192 Å². The van der Waals surface area contributed by atoms with Gasteiger partial charge in [0.25, 0.3) is 11.8 Å². The minimum absolute atomic E-state index is 0.00498. The van der Waals surface area contributed by atoms with Gasteiger partial charge in [-0.25, -0.2) is 14.6 Å². The number of anilines is 1. The van der Waals surface area contributed by atoms with E-state index >= 15 is 0 Å². The first-order valence-corrected chi connectivity index (χ1v) is 24.9. The van der Waals surface area contributed by atoms with E-state index in [-0.39, 0.29) is 32.4 Å². The second kappa shape index (κ2) is 21.6. The quantitative estimate of drug-likeness (QED) is 0.0180. The van der Waals surface area contributed by atoms with Crippen LogP contribution in [0.3, 0.4) is 0 Å². The molecule has 2 atom stereocenters. The standard InChI is InChI=1S/C52H46ClN7O7S3/c1-51(2,3)66-50(64)58-49-57-39(44(53)70-49)40(59-67-52(34-23-13-6-14-24-34,35-25-15-7-16-26-35)36-27-17-8-18-28-36)45(61)56-41-46(62)60-42(37(31-69-47(41)60)68-30-29-38(54)55)48(63)65-43(32-19-9-4-10-20-32)33-21-11-5-12-22-33/h4-30,41,43,47H,31H2,1-3H3,(H3,54,55)(H,56,61)(H,57,58,64)/b30-29+,59-40-/t41?,47-/m1/s1. The topological polar surface area (TPSA) is 198 Å². The summed E-state index contributed by atoms with van der Waals surface area (Å²) in [6.07, 6.45) is -0.254. The highest BCUT2D eigenvalue weighted by Crippen LogP contribution is 2.46. The van der Waals surface area contributed by atoms with Gasteiger partial charge in [-0.3, -0.25) is 25.2 Å². The average Bonchev–Trinajstić information content (AvgIpc) is 3.72. The minimum Gasteiger partial charge on any atom is -0.448 e. The fraction of sp³-hybridized carbons (Fsp3) is 0.173. The number of fused-ring (bicyclic) bond motifs is 1. The van der Waals surface area contributed by atoms with Crippen molar-refractivity contribution >= 4 is 87.0 Å². The van der Waals surface area contributed by atoms with Crippen molar-refractivity contribution in [2.24, 2.45) is 10.9 Å². The van der Waals surface area contributed by atoms with Gasteiger partial charge < -0.3 is 25.4 Å². The molecule has 1 aromatic heterocycles. The van der Waals surface area contributed by atoms with E-state index in [9.17, 15) is 19.2 Å². The first-order valence-electron chi connectivity index (χ1n) is 21.8. The Morgan fingerprint density at radius 1 is 0.857 bits per heavy atom. The second-order valence-corrected chi connectivity index (χ2v) is 20.4. The highest BCUT2D eigenvalue weighted by molar-refractivity contribution is 8.08. The molecule has 1 saturated heterocycles. The van der Waals surface area contributed by atoms with Crippen molar-refractivity contribution in [3.63, 3.8) is 0 Å². The Morgan fingerprint density at radius 2 is 1.37 bits per heavy atom. The maximum atomic E-state index is 15.0. The summed E-state index contributed by atoms with van der Waals surface area (Å²) in [7, 11) is 0. The van der Waals surface area contributed by atoms with Crippen LogP contribution < -0.4 is 16.4 Å². The highest BCUT2D eigenvalue weighted by atomic mass is 35.5. The number of carbonyl (C=O) groups excluding carboxylic acids is 4. The van der Waals surface area contributed by atoms with Crippen LogP contribution in [0.2, 0.25) is 4.34 Å². The van der Waals surface area contributed by atoms with Crippen molar-refractivity contribution in [3.8, 4) is 0 Å². The molecule has 2 aliphatic rings. The summed E-state index contributed by atoms with van der Waals surface area (Å²) in [4.78, 5) is 70.0. The number of β-lactam (4-membered cyclic amide) rings is 1. The molecule has 70 heavy (non-hydrogen) atoms. The lowest BCUT2D eigenvalue weighted by atomic mass is 9.80. The fourth-order valence-corrected chi connectivity index (χ4v) is 11.1. The normalized spacial score (nSPS) is 16.0. The van der Waals surface area contributed by atoms with E-state index in [2.05, 4.69) is 20.8 Å². The Bertz CT molecular complexity index is 2840. The molecular weight excluding hydrogens is 966 g/mol. The largest absolute Gasteiger partial charge is 0.448 e. The number of hydrogen-bond donors (Lipinski definition) is 4. The molecule has 1 unspecified atom stereocenters. The summed E-state index contributed by atoms with van der Waals surface area (Å²) in [5.74, 6) is -2.23. The summed E-state index contributed by atoms with van der Waals surface area (Å²) in [5, 5.41) is 18.5. The van der Waals surface area contributed by atoms with E-state index in [0.717, 1.165) is 23.1 Å². The van der Waals surface area contributed by atoms with Crippen LogP contribution in [0.25, 0.3) is 0 Å². The zero-order valence-corrected chi connectivity index (χ0v) is 41.1. The monoisotopic (exact) mass is 1010 g/mol. The molecule has 2 aliphatic heterocycles. The van der Waals surface area contributed by atoms with Crippen LogP contribution in [0.1, 0.15) is 60.4 Å². The van der Waals surface area contributed by atoms with Crippen molar-refractivity contribution in [2.75, 3.05) is 11.1 Å². The number of oxime groups is 1. The number of ether oxygens (including phenoxy) is 2. The number of amidine groups is 1. The summed E-state index contributed by atoms with van der Waals surface area (Å²) >= 11 is 10.2. The number of nitrogens with two attached hydrogens (primary N) is 1. The van der Waals surface area contributed by atoms with Crippen LogP contribution >= 0.6 is 46.5 Å². The Labute approximate surface area is 421 Å². The molecule has 3 heterocycles. The molecule has 3 amide bonds. The number of carbonyl (C=O) groups is 4. The third-order valence-electron chi connectivity index (χ3n) is 10.7. The Balaban J connectivity index is 1.16. The van der Waals surface area contributed by atoms with Gasteiger partial charge in [0.15, 0.2) is 16.9 Å². The highest BCUT2D eigenvalue weighted by Gasteiger charge is 2.55. The van der Waals surface area contributed by atoms with E-state index < -0.39 is 58.3 Å². The molecule has 5 aromatic carbocycles. The number of benzene rings is 5. The number of rotatable bonds is 16. The molecule has 0 saturated carbocycles. The first-order chi connectivity index (χ1) is 33.7. The van der Waals surface area contributed by atoms with Gasteiger partial charge in [0.05, 0.1) is 0 Å². The molecule has 18 heteroatoms. The van der Waals surface area contributed by atoms with E-state index in [0.29, 0.717) is 32.7 Å². The number of thiazole rings is 1. The van der Waals surface area contributed by atoms with Crippen LogP contribution in [-0.4, -0.2) is 68.1 Å². The van der Waals surface area contributed by atoms with Gasteiger partial charge in [0.2, 0.25) is 5.60 Å². The smallest absolute Gasteiger partial charge is 0.413 e. The molecule has 14 nitrogen and oxygen atoms in total. The number of nitrogens with zero attached hydrogens (tertiary/aromatic N) is 3. The van der Waals surface area contributed by atoms with Crippen LogP contribution in [0, 0.1) is 5.41 Å². The van der Waals surface area contributed by atoms with E-state index in [1.165, 1.54) is 22.7 Å². The van der Waals surface area contributed by atoms with Crippen LogP contribution in [-0.2, 0) is 34.3 Å². The lowest BCUT2D eigenvalue weighted by Crippen LogP contribution is -2.71. The van der Waals surface area contributed by atoms with Gasteiger partial charge in [-0.05, 0) is 43.4 Å². The Morgan fingerprint density at radius 3 is 1.87 bits per heavy atom. The maximum absolute atomic E-state index is 15.0. The number of esters is 1. The molecule has 8 rings (SSSR count). The molecular formula is C52H46ClN7O7S3. The van der Waals surface area contributed by atoms with Gasteiger partial charge in [0, 0.05) is 27.3 Å². The molecule has 0 spiro atoms. The van der Waals surface area contributed by atoms with E-state index in [1.54, 1.807) is 26.2 Å². The number of thioether (sulfide) groups is 2.